The number of piperazine rings is 1. The van der Waals surface area contributed by atoms with Crippen LogP contribution in [0.1, 0.15) is 26.0 Å². The van der Waals surface area contributed by atoms with Crippen LogP contribution in [-0.4, -0.2) is 35.1 Å². The molecule has 4 heteroatoms. The molecule has 1 aliphatic heterocycles. The quantitative estimate of drug-likeness (QED) is 0.929. The van der Waals surface area contributed by atoms with E-state index in [9.17, 15) is 0 Å². The normalized spacial score (nSPS) is 26.1. The van der Waals surface area contributed by atoms with Gasteiger partial charge >= 0.3 is 0 Å². The molecule has 0 aromatic carbocycles. The van der Waals surface area contributed by atoms with Crippen LogP contribution in [0, 0.1) is 0 Å². The lowest BCUT2D eigenvalue weighted by molar-refractivity contribution is 0.130. The summed E-state index contributed by atoms with van der Waals surface area (Å²) in [4.78, 5) is 6.96. The van der Waals surface area contributed by atoms with Crippen molar-refractivity contribution in [2.45, 2.75) is 38.9 Å². The van der Waals surface area contributed by atoms with Gasteiger partial charge in [-0.25, -0.2) is 0 Å². The Hall–Kier alpha value is -0.450. The molecule has 1 N–H and O–H groups in total. The number of nitrogens with one attached hydrogen (secondary N) is 1. The van der Waals surface area contributed by atoms with Gasteiger partial charge in [0.1, 0.15) is 0 Å². The molecule has 94 valence electrons. The van der Waals surface area contributed by atoms with E-state index in [0.717, 1.165) is 29.8 Å². The smallest absolute Gasteiger partial charge is 0.0544 e. The number of aromatic nitrogens is 1. The number of pyridine rings is 1. The van der Waals surface area contributed by atoms with Gasteiger partial charge in [0, 0.05) is 42.4 Å². The minimum Gasteiger partial charge on any atom is -0.311 e. The van der Waals surface area contributed by atoms with E-state index < -0.39 is 0 Å². The molecule has 1 aromatic heterocycles. The van der Waals surface area contributed by atoms with E-state index in [0.29, 0.717) is 12.1 Å². The van der Waals surface area contributed by atoms with Crippen molar-refractivity contribution in [3.63, 3.8) is 0 Å². The Labute approximate surface area is 112 Å². The zero-order valence-electron chi connectivity index (χ0n) is 10.5. The monoisotopic (exact) mass is 297 g/mol. The topological polar surface area (TPSA) is 28.2 Å². The van der Waals surface area contributed by atoms with Crippen molar-refractivity contribution in [1.82, 2.24) is 15.2 Å². The molecule has 17 heavy (non-hydrogen) atoms. The fourth-order valence-corrected chi connectivity index (χ4v) is 2.43. The molecule has 2 heterocycles. The minimum absolute atomic E-state index is 0.586. The van der Waals surface area contributed by atoms with Crippen LogP contribution in [0.5, 0.6) is 0 Å². The molecule has 1 fully saturated rings. The third-order valence-corrected chi connectivity index (χ3v) is 3.90. The van der Waals surface area contributed by atoms with Crippen molar-refractivity contribution in [3.05, 3.63) is 28.5 Å². The lowest BCUT2D eigenvalue weighted by Gasteiger charge is -2.38. The van der Waals surface area contributed by atoms with Crippen LogP contribution in [0.4, 0.5) is 0 Å². The Morgan fingerprint density at radius 2 is 2.35 bits per heavy atom. The average molecular weight is 298 g/mol. The van der Waals surface area contributed by atoms with Crippen LogP contribution in [0.15, 0.2) is 22.8 Å². The number of hydrogen-bond donors (Lipinski definition) is 1. The van der Waals surface area contributed by atoms with Crippen LogP contribution >= 0.6 is 15.9 Å². The lowest BCUT2D eigenvalue weighted by atomic mass is 10.1. The standard InChI is InChI=1S/C13H20BrN3/c1-3-12-8-17(10(2)6-15-12)9-13-5-4-11(14)7-16-13/h4-5,7,10,12,15H,3,6,8-9H2,1-2H3. The maximum Gasteiger partial charge on any atom is 0.0544 e. The molecule has 0 spiro atoms. The molecule has 1 aromatic rings. The first kappa shape index (κ1) is 13.0. The first-order valence-corrected chi connectivity index (χ1v) is 7.06. The summed E-state index contributed by atoms with van der Waals surface area (Å²) in [6.07, 6.45) is 3.07. The first-order valence-electron chi connectivity index (χ1n) is 6.27. The summed E-state index contributed by atoms with van der Waals surface area (Å²) in [6, 6.07) is 5.37. The van der Waals surface area contributed by atoms with E-state index in [4.69, 9.17) is 0 Å². The predicted molar refractivity (Wildman–Crippen MR) is 73.9 cm³/mol. The van der Waals surface area contributed by atoms with E-state index in [2.05, 4.69) is 57.1 Å². The number of rotatable bonds is 3. The van der Waals surface area contributed by atoms with Gasteiger partial charge in [-0.05, 0) is 41.4 Å². The molecule has 3 nitrogen and oxygen atoms in total. The van der Waals surface area contributed by atoms with Gasteiger partial charge in [-0.3, -0.25) is 9.88 Å². The zero-order valence-corrected chi connectivity index (χ0v) is 12.1. The molecule has 1 aliphatic rings. The molecule has 2 rings (SSSR count). The van der Waals surface area contributed by atoms with Crippen LogP contribution < -0.4 is 5.32 Å². The maximum atomic E-state index is 4.45. The third-order valence-electron chi connectivity index (χ3n) is 3.43. The molecular formula is C13H20BrN3. The molecule has 2 atom stereocenters. The fraction of sp³-hybridized carbons (Fsp3) is 0.615. The van der Waals surface area contributed by atoms with Gasteiger partial charge < -0.3 is 5.32 Å². The highest BCUT2D eigenvalue weighted by Crippen LogP contribution is 2.14. The molecule has 0 amide bonds. The second-order valence-corrected chi connectivity index (χ2v) is 5.68. The van der Waals surface area contributed by atoms with Crippen LogP contribution in [0.25, 0.3) is 0 Å². The molecule has 0 radical (unpaired) electrons. The summed E-state index contributed by atoms with van der Waals surface area (Å²) in [7, 11) is 0. The molecule has 2 unspecified atom stereocenters. The maximum absolute atomic E-state index is 4.45. The van der Waals surface area contributed by atoms with E-state index in [1.54, 1.807) is 0 Å². The van der Waals surface area contributed by atoms with Crippen LogP contribution in [0.2, 0.25) is 0 Å². The van der Waals surface area contributed by atoms with Crippen LogP contribution in [-0.2, 0) is 6.54 Å². The number of hydrogen-bond acceptors (Lipinski definition) is 3. The SMILES string of the molecule is CCC1CN(Cc2ccc(Br)cn2)C(C)CN1. The molecular weight excluding hydrogens is 278 g/mol. The van der Waals surface area contributed by atoms with Crippen molar-refractivity contribution < 1.29 is 0 Å². The van der Waals surface area contributed by atoms with Crippen molar-refractivity contribution in [2.24, 2.45) is 0 Å². The predicted octanol–water partition coefficient (Wildman–Crippen LogP) is 2.42. The van der Waals surface area contributed by atoms with E-state index >= 15 is 0 Å². The Bertz CT molecular complexity index is 352. The van der Waals surface area contributed by atoms with Crippen molar-refractivity contribution in [3.8, 4) is 0 Å². The largest absolute Gasteiger partial charge is 0.311 e. The van der Waals surface area contributed by atoms with Gasteiger partial charge in [-0.15, -0.1) is 0 Å². The van der Waals surface area contributed by atoms with Crippen molar-refractivity contribution in [2.75, 3.05) is 13.1 Å². The third kappa shape index (κ3) is 3.50. The van der Waals surface area contributed by atoms with Gasteiger partial charge in [-0.2, -0.15) is 0 Å². The second kappa shape index (κ2) is 5.94. The molecule has 0 bridgehead atoms. The summed E-state index contributed by atoms with van der Waals surface area (Å²) in [6.45, 7) is 7.67. The molecule has 0 saturated carbocycles. The van der Waals surface area contributed by atoms with E-state index in [1.807, 2.05) is 6.20 Å². The fourth-order valence-electron chi connectivity index (χ4n) is 2.20. The number of nitrogens with zero attached hydrogens (tertiary/aromatic N) is 2. The van der Waals surface area contributed by atoms with Gasteiger partial charge in [0.15, 0.2) is 0 Å². The molecule has 0 aliphatic carbocycles. The van der Waals surface area contributed by atoms with Gasteiger partial charge in [-0.1, -0.05) is 6.92 Å². The number of halogens is 1. The highest BCUT2D eigenvalue weighted by atomic mass is 79.9. The van der Waals surface area contributed by atoms with Crippen molar-refractivity contribution in [1.29, 1.82) is 0 Å². The summed E-state index contributed by atoms with van der Waals surface area (Å²) >= 11 is 3.42. The highest BCUT2D eigenvalue weighted by Gasteiger charge is 2.23. The molecule has 1 saturated heterocycles. The van der Waals surface area contributed by atoms with E-state index in [1.165, 1.54) is 6.42 Å². The van der Waals surface area contributed by atoms with Gasteiger partial charge in [0.05, 0.1) is 5.69 Å². The minimum atomic E-state index is 0.586. The summed E-state index contributed by atoms with van der Waals surface area (Å²) < 4.78 is 1.04. The Kier molecular flexibility index (Phi) is 4.54. The highest BCUT2D eigenvalue weighted by molar-refractivity contribution is 9.10. The Morgan fingerprint density at radius 1 is 1.53 bits per heavy atom. The second-order valence-electron chi connectivity index (χ2n) is 4.76. The van der Waals surface area contributed by atoms with Gasteiger partial charge in [0.2, 0.25) is 0 Å². The summed E-state index contributed by atoms with van der Waals surface area (Å²) in [5, 5.41) is 3.57. The first-order chi connectivity index (χ1) is 8.19. The van der Waals surface area contributed by atoms with E-state index in [-0.39, 0.29) is 0 Å². The Morgan fingerprint density at radius 3 is 3.00 bits per heavy atom. The Balaban J connectivity index is 1.98. The lowest BCUT2D eigenvalue weighted by Crippen LogP contribution is -2.54. The zero-order chi connectivity index (χ0) is 12.3. The van der Waals surface area contributed by atoms with Crippen molar-refractivity contribution >= 4 is 15.9 Å². The average Bonchev–Trinajstić information content (AvgIpc) is 2.35. The van der Waals surface area contributed by atoms with Crippen LogP contribution in [0.3, 0.4) is 0 Å². The summed E-state index contributed by atoms with van der Waals surface area (Å²) in [5.74, 6) is 0. The summed E-state index contributed by atoms with van der Waals surface area (Å²) in [5.41, 5.74) is 1.15. The van der Waals surface area contributed by atoms with Gasteiger partial charge in [0.25, 0.3) is 0 Å².